The van der Waals surface area contributed by atoms with E-state index in [0.717, 1.165) is 25.7 Å². The minimum atomic E-state index is -3.23. The van der Waals surface area contributed by atoms with E-state index in [1.165, 1.54) is 12.3 Å². The molecule has 0 unspecified atom stereocenters. The Bertz CT molecular complexity index is 557. The fraction of sp³-hybridized carbons (Fsp3) is 0.600. The van der Waals surface area contributed by atoms with Crippen LogP contribution in [0.2, 0.25) is 0 Å². The highest BCUT2D eigenvalue weighted by Gasteiger charge is 2.32. The minimum absolute atomic E-state index is 0.215. The van der Waals surface area contributed by atoms with Gasteiger partial charge in [0, 0.05) is 6.26 Å². The average Bonchev–Trinajstić information content (AvgIpc) is 2.40. The van der Waals surface area contributed by atoms with E-state index in [0.29, 0.717) is 11.7 Å². The summed E-state index contributed by atoms with van der Waals surface area (Å²) in [4.78, 5) is 0.235. The average molecular weight is 298 g/mol. The van der Waals surface area contributed by atoms with Gasteiger partial charge in [-0.2, -0.15) is 0 Å². The number of rotatable bonds is 4. The lowest BCUT2D eigenvalue weighted by atomic mass is 9.80. The van der Waals surface area contributed by atoms with Crippen LogP contribution in [0, 0.1) is 5.92 Å². The van der Waals surface area contributed by atoms with E-state index >= 15 is 0 Å². The van der Waals surface area contributed by atoms with E-state index in [4.69, 9.17) is 4.74 Å². The maximum absolute atomic E-state index is 11.5. The van der Waals surface area contributed by atoms with Crippen LogP contribution in [0.15, 0.2) is 29.2 Å². The van der Waals surface area contributed by atoms with Crippen LogP contribution < -0.4 is 4.74 Å². The molecule has 0 aliphatic heterocycles. The van der Waals surface area contributed by atoms with Crippen molar-refractivity contribution in [2.24, 2.45) is 5.92 Å². The monoisotopic (exact) mass is 298 g/mol. The molecule has 0 radical (unpaired) electrons. The largest absolute Gasteiger partial charge is 0.491 e. The normalized spacial score (nSPS) is 27.2. The lowest BCUT2D eigenvalue weighted by molar-refractivity contribution is -0.0425. The first-order valence-electron chi connectivity index (χ1n) is 6.94. The summed E-state index contributed by atoms with van der Waals surface area (Å²) in [6, 6.07) is 6.41. The van der Waals surface area contributed by atoms with Gasteiger partial charge in [0.05, 0.1) is 10.5 Å². The van der Waals surface area contributed by atoms with Crippen LogP contribution in [0.5, 0.6) is 5.75 Å². The molecule has 1 aliphatic carbocycles. The lowest BCUT2D eigenvalue weighted by Crippen LogP contribution is -2.39. The molecule has 0 saturated heterocycles. The van der Waals surface area contributed by atoms with Crippen LogP contribution >= 0.6 is 0 Å². The Morgan fingerprint density at radius 3 is 2.60 bits per heavy atom. The second kappa shape index (κ2) is 5.74. The zero-order valence-corrected chi connectivity index (χ0v) is 12.8. The van der Waals surface area contributed by atoms with Crippen LogP contribution in [0.25, 0.3) is 0 Å². The Morgan fingerprint density at radius 1 is 1.35 bits per heavy atom. The maximum Gasteiger partial charge on any atom is 0.175 e. The standard InChI is InChI=1S/C15H22O4S/c1-12-6-8-15(16,9-7-12)11-19-13-4-3-5-14(10-13)20(2,17)18/h3-5,10,12,16H,6-9,11H2,1-2H3. The van der Waals surface area contributed by atoms with E-state index in [1.54, 1.807) is 18.2 Å². The Kier molecular flexibility index (Phi) is 4.39. The van der Waals surface area contributed by atoms with E-state index in [9.17, 15) is 13.5 Å². The quantitative estimate of drug-likeness (QED) is 0.927. The Labute approximate surface area is 120 Å². The predicted octanol–water partition coefficient (Wildman–Crippen LogP) is 2.41. The first kappa shape index (κ1) is 15.3. The summed E-state index contributed by atoms with van der Waals surface area (Å²) < 4.78 is 28.6. The number of hydrogen-bond acceptors (Lipinski definition) is 4. The molecule has 0 amide bonds. The Hall–Kier alpha value is -1.07. The summed E-state index contributed by atoms with van der Waals surface area (Å²) >= 11 is 0. The molecule has 5 heteroatoms. The summed E-state index contributed by atoms with van der Waals surface area (Å²) in [7, 11) is -3.23. The molecule has 0 atom stereocenters. The summed E-state index contributed by atoms with van der Waals surface area (Å²) in [5, 5.41) is 10.4. The topological polar surface area (TPSA) is 63.6 Å². The van der Waals surface area contributed by atoms with Gasteiger partial charge in [0.2, 0.25) is 0 Å². The molecule has 0 spiro atoms. The van der Waals surface area contributed by atoms with Crippen LogP contribution in [0.3, 0.4) is 0 Å². The van der Waals surface area contributed by atoms with E-state index in [-0.39, 0.29) is 11.5 Å². The highest BCUT2D eigenvalue weighted by atomic mass is 32.2. The molecule has 1 aliphatic rings. The van der Waals surface area contributed by atoms with Gasteiger partial charge in [-0.05, 0) is 49.8 Å². The molecule has 0 bridgehead atoms. The number of sulfone groups is 1. The number of ether oxygens (including phenoxy) is 1. The molecular weight excluding hydrogens is 276 g/mol. The van der Waals surface area contributed by atoms with Crippen LogP contribution in [0.4, 0.5) is 0 Å². The molecule has 112 valence electrons. The zero-order chi connectivity index (χ0) is 14.8. The molecule has 0 aromatic heterocycles. The van der Waals surface area contributed by atoms with Crippen molar-refractivity contribution in [2.45, 2.75) is 43.1 Å². The second-order valence-electron chi connectivity index (χ2n) is 5.94. The fourth-order valence-electron chi connectivity index (χ4n) is 2.46. The van der Waals surface area contributed by atoms with Crippen molar-refractivity contribution in [3.8, 4) is 5.75 Å². The molecule has 1 aromatic carbocycles. The summed E-state index contributed by atoms with van der Waals surface area (Å²) in [6.07, 6.45) is 4.65. The molecule has 1 fully saturated rings. The SMILES string of the molecule is CC1CCC(O)(COc2cccc(S(C)(=O)=O)c2)CC1. The van der Waals surface area contributed by atoms with Gasteiger partial charge in [0.1, 0.15) is 12.4 Å². The van der Waals surface area contributed by atoms with Gasteiger partial charge in [-0.15, -0.1) is 0 Å². The van der Waals surface area contributed by atoms with Gasteiger partial charge >= 0.3 is 0 Å². The van der Waals surface area contributed by atoms with Crippen molar-refractivity contribution in [3.63, 3.8) is 0 Å². The Balaban J connectivity index is 2.01. The number of aliphatic hydroxyl groups is 1. The summed E-state index contributed by atoms with van der Waals surface area (Å²) in [6.45, 7) is 2.41. The van der Waals surface area contributed by atoms with Crippen molar-refractivity contribution in [2.75, 3.05) is 12.9 Å². The third kappa shape index (κ3) is 3.96. The molecule has 0 heterocycles. The van der Waals surface area contributed by atoms with Crippen molar-refractivity contribution in [3.05, 3.63) is 24.3 Å². The first-order valence-corrected chi connectivity index (χ1v) is 8.83. The summed E-state index contributed by atoms with van der Waals surface area (Å²) in [5.74, 6) is 1.14. The van der Waals surface area contributed by atoms with Gasteiger partial charge in [-0.25, -0.2) is 8.42 Å². The minimum Gasteiger partial charge on any atom is -0.491 e. The molecular formula is C15H22O4S. The summed E-state index contributed by atoms with van der Waals surface area (Å²) in [5.41, 5.74) is -0.784. The van der Waals surface area contributed by atoms with Gasteiger partial charge in [-0.1, -0.05) is 13.0 Å². The smallest absolute Gasteiger partial charge is 0.175 e. The van der Waals surface area contributed by atoms with Crippen LogP contribution in [-0.4, -0.2) is 32.0 Å². The second-order valence-corrected chi connectivity index (χ2v) is 7.96. The Morgan fingerprint density at radius 2 is 2.00 bits per heavy atom. The van der Waals surface area contributed by atoms with E-state index in [2.05, 4.69) is 6.92 Å². The number of benzene rings is 1. The van der Waals surface area contributed by atoms with Crippen LogP contribution in [0.1, 0.15) is 32.6 Å². The van der Waals surface area contributed by atoms with Gasteiger partial charge < -0.3 is 9.84 Å². The fourth-order valence-corrected chi connectivity index (χ4v) is 3.11. The molecule has 4 nitrogen and oxygen atoms in total. The highest BCUT2D eigenvalue weighted by Crippen LogP contribution is 2.32. The van der Waals surface area contributed by atoms with Gasteiger partial charge in [0.25, 0.3) is 0 Å². The molecule has 1 saturated carbocycles. The predicted molar refractivity (Wildman–Crippen MR) is 77.6 cm³/mol. The van der Waals surface area contributed by atoms with Crippen molar-refractivity contribution >= 4 is 9.84 Å². The highest BCUT2D eigenvalue weighted by molar-refractivity contribution is 7.90. The lowest BCUT2D eigenvalue weighted by Gasteiger charge is -2.34. The van der Waals surface area contributed by atoms with E-state index in [1.807, 2.05) is 0 Å². The maximum atomic E-state index is 11.5. The van der Waals surface area contributed by atoms with Crippen molar-refractivity contribution in [1.82, 2.24) is 0 Å². The van der Waals surface area contributed by atoms with E-state index < -0.39 is 15.4 Å². The third-order valence-electron chi connectivity index (χ3n) is 3.95. The molecule has 1 aromatic rings. The molecule has 2 rings (SSSR count). The number of hydrogen-bond donors (Lipinski definition) is 1. The first-order chi connectivity index (χ1) is 9.28. The molecule has 1 N–H and O–H groups in total. The van der Waals surface area contributed by atoms with Crippen LogP contribution in [-0.2, 0) is 9.84 Å². The van der Waals surface area contributed by atoms with Crippen molar-refractivity contribution < 1.29 is 18.3 Å². The van der Waals surface area contributed by atoms with Gasteiger partial charge in [-0.3, -0.25) is 0 Å². The zero-order valence-electron chi connectivity index (χ0n) is 12.0. The molecule has 20 heavy (non-hydrogen) atoms. The van der Waals surface area contributed by atoms with Gasteiger partial charge in [0.15, 0.2) is 9.84 Å². The third-order valence-corrected chi connectivity index (χ3v) is 5.06. The van der Waals surface area contributed by atoms with Crippen molar-refractivity contribution in [1.29, 1.82) is 0 Å².